The molecule has 0 spiro atoms. The molecule has 0 saturated carbocycles. The molecule has 1 heterocycles. The number of nitrogens with zero attached hydrogens (tertiary/aromatic N) is 2. The normalized spacial score (nSPS) is 9.95. The first-order chi connectivity index (χ1) is 9.15. The minimum absolute atomic E-state index is 0.0694. The van der Waals surface area contributed by atoms with Crippen molar-refractivity contribution in [2.75, 3.05) is 7.11 Å². The highest BCUT2D eigenvalue weighted by Gasteiger charge is 2.07. The Morgan fingerprint density at radius 1 is 1.42 bits per heavy atom. The fourth-order valence-corrected chi connectivity index (χ4v) is 1.85. The van der Waals surface area contributed by atoms with Gasteiger partial charge in [-0.25, -0.2) is 5.10 Å². The van der Waals surface area contributed by atoms with Crippen LogP contribution in [-0.4, -0.2) is 17.3 Å². The summed E-state index contributed by atoms with van der Waals surface area (Å²) in [5, 5.41) is 15.1. The number of aromatic nitrogens is 2. The molecule has 0 fully saturated rings. The number of ether oxygens (including phenoxy) is 1. The number of H-pyrrole nitrogens is 1. The summed E-state index contributed by atoms with van der Waals surface area (Å²) in [6.07, 6.45) is 0.0694. The first kappa shape index (κ1) is 12.8. The van der Waals surface area contributed by atoms with Gasteiger partial charge >= 0.3 is 0 Å². The van der Waals surface area contributed by atoms with Gasteiger partial charge in [-0.1, -0.05) is 0 Å². The van der Waals surface area contributed by atoms with Crippen molar-refractivity contribution in [2.24, 2.45) is 0 Å². The van der Waals surface area contributed by atoms with E-state index in [9.17, 15) is 4.79 Å². The molecular formula is C14H13N3O2. The average molecular weight is 255 g/mol. The summed E-state index contributed by atoms with van der Waals surface area (Å²) in [5.41, 5.74) is 2.58. The molecule has 19 heavy (non-hydrogen) atoms. The Kier molecular flexibility index (Phi) is 3.62. The Hall–Kier alpha value is -2.61. The molecule has 0 saturated heterocycles. The van der Waals surface area contributed by atoms with Gasteiger partial charge in [-0.05, 0) is 36.8 Å². The second-order valence-electron chi connectivity index (χ2n) is 4.13. The van der Waals surface area contributed by atoms with Gasteiger partial charge in [0.2, 0.25) is 0 Å². The van der Waals surface area contributed by atoms with E-state index in [1.54, 1.807) is 13.2 Å². The largest absolute Gasteiger partial charge is 0.496 e. The SMILES string of the molecule is COc1ccc(-c2cc(CC#N)c(=O)[nH]n2)cc1C. The lowest BCUT2D eigenvalue weighted by Crippen LogP contribution is -2.14. The average Bonchev–Trinajstić information content (AvgIpc) is 2.41. The van der Waals surface area contributed by atoms with Crippen LogP contribution in [0.5, 0.6) is 5.75 Å². The van der Waals surface area contributed by atoms with E-state index < -0.39 is 0 Å². The van der Waals surface area contributed by atoms with Gasteiger partial charge < -0.3 is 4.74 Å². The van der Waals surface area contributed by atoms with Gasteiger partial charge in [0.15, 0.2) is 0 Å². The zero-order valence-corrected chi connectivity index (χ0v) is 10.7. The maximum atomic E-state index is 11.5. The lowest BCUT2D eigenvalue weighted by atomic mass is 10.1. The number of aryl methyl sites for hydroxylation is 1. The highest BCUT2D eigenvalue weighted by molar-refractivity contribution is 5.62. The molecule has 2 aromatic rings. The molecule has 1 aromatic carbocycles. The maximum absolute atomic E-state index is 11.5. The fraction of sp³-hybridized carbons (Fsp3) is 0.214. The molecule has 0 unspecified atom stereocenters. The van der Waals surface area contributed by atoms with Crippen molar-refractivity contribution in [3.05, 3.63) is 45.7 Å². The third-order valence-electron chi connectivity index (χ3n) is 2.84. The van der Waals surface area contributed by atoms with Crippen LogP contribution >= 0.6 is 0 Å². The van der Waals surface area contributed by atoms with Crippen LogP contribution in [0.3, 0.4) is 0 Å². The number of hydrogen-bond donors (Lipinski definition) is 1. The molecule has 1 aromatic heterocycles. The van der Waals surface area contributed by atoms with Crippen molar-refractivity contribution in [1.82, 2.24) is 10.2 Å². The summed E-state index contributed by atoms with van der Waals surface area (Å²) in [7, 11) is 1.62. The van der Waals surface area contributed by atoms with Crippen LogP contribution in [0.1, 0.15) is 11.1 Å². The molecule has 0 atom stereocenters. The van der Waals surface area contributed by atoms with Gasteiger partial charge in [0, 0.05) is 11.1 Å². The number of nitriles is 1. The van der Waals surface area contributed by atoms with Crippen LogP contribution in [0.15, 0.2) is 29.1 Å². The monoisotopic (exact) mass is 255 g/mol. The van der Waals surface area contributed by atoms with E-state index in [1.165, 1.54) is 0 Å². The minimum atomic E-state index is -0.324. The molecule has 0 radical (unpaired) electrons. The molecule has 2 rings (SSSR count). The molecule has 1 N–H and O–H groups in total. The third kappa shape index (κ3) is 2.63. The van der Waals surface area contributed by atoms with E-state index in [1.807, 2.05) is 31.2 Å². The minimum Gasteiger partial charge on any atom is -0.496 e. The van der Waals surface area contributed by atoms with Crippen molar-refractivity contribution in [1.29, 1.82) is 5.26 Å². The highest BCUT2D eigenvalue weighted by atomic mass is 16.5. The summed E-state index contributed by atoms with van der Waals surface area (Å²) >= 11 is 0. The van der Waals surface area contributed by atoms with Crippen LogP contribution in [0, 0.1) is 18.3 Å². The number of methoxy groups -OCH3 is 1. The highest BCUT2D eigenvalue weighted by Crippen LogP contribution is 2.24. The van der Waals surface area contributed by atoms with E-state index in [2.05, 4.69) is 10.2 Å². The van der Waals surface area contributed by atoms with Gasteiger partial charge in [-0.15, -0.1) is 0 Å². The summed E-state index contributed by atoms with van der Waals surface area (Å²) in [6.45, 7) is 1.93. The van der Waals surface area contributed by atoms with Gasteiger partial charge in [0.25, 0.3) is 5.56 Å². The molecule has 0 aliphatic carbocycles. The molecule has 5 heteroatoms. The number of rotatable bonds is 3. The van der Waals surface area contributed by atoms with Crippen LogP contribution in [0.4, 0.5) is 0 Å². The first-order valence-electron chi connectivity index (χ1n) is 5.76. The molecule has 0 aliphatic heterocycles. The summed E-state index contributed by atoms with van der Waals surface area (Å²) < 4.78 is 5.20. The van der Waals surface area contributed by atoms with Crippen molar-refractivity contribution >= 4 is 0 Å². The first-order valence-corrected chi connectivity index (χ1v) is 5.76. The third-order valence-corrected chi connectivity index (χ3v) is 2.84. The van der Waals surface area contributed by atoms with Crippen LogP contribution in [0.25, 0.3) is 11.3 Å². The van der Waals surface area contributed by atoms with Crippen molar-refractivity contribution in [2.45, 2.75) is 13.3 Å². The topological polar surface area (TPSA) is 78.8 Å². The Morgan fingerprint density at radius 2 is 2.21 bits per heavy atom. The van der Waals surface area contributed by atoms with Crippen LogP contribution in [-0.2, 0) is 6.42 Å². The van der Waals surface area contributed by atoms with Crippen LogP contribution < -0.4 is 10.3 Å². The van der Waals surface area contributed by atoms with Crippen LogP contribution in [0.2, 0.25) is 0 Å². The van der Waals surface area contributed by atoms with E-state index >= 15 is 0 Å². The van der Waals surface area contributed by atoms with Crippen molar-refractivity contribution in [3.8, 4) is 23.1 Å². The van der Waals surface area contributed by atoms with E-state index in [0.29, 0.717) is 11.3 Å². The van der Waals surface area contributed by atoms with Gasteiger partial charge in [0.05, 0.1) is 25.3 Å². The summed E-state index contributed by atoms with van der Waals surface area (Å²) in [4.78, 5) is 11.5. The smallest absolute Gasteiger partial charge is 0.268 e. The Bertz CT molecular complexity index is 699. The quantitative estimate of drug-likeness (QED) is 0.907. The second-order valence-corrected chi connectivity index (χ2v) is 4.13. The zero-order chi connectivity index (χ0) is 13.8. The second kappa shape index (κ2) is 5.36. The van der Waals surface area contributed by atoms with E-state index in [-0.39, 0.29) is 12.0 Å². The lowest BCUT2D eigenvalue weighted by molar-refractivity contribution is 0.412. The standard InChI is InChI=1S/C14H13N3O2/c1-9-7-10(3-4-13(9)19-2)12-8-11(5-6-15)14(18)17-16-12/h3-4,7-8H,5H2,1-2H3,(H,17,18). The maximum Gasteiger partial charge on any atom is 0.268 e. The number of benzene rings is 1. The molecule has 5 nitrogen and oxygen atoms in total. The van der Waals surface area contributed by atoms with Gasteiger partial charge in [-0.3, -0.25) is 4.79 Å². The number of aromatic amines is 1. The Labute approximate surface area is 110 Å². The van der Waals surface area contributed by atoms with Gasteiger partial charge in [0.1, 0.15) is 5.75 Å². The predicted molar refractivity (Wildman–Crippen MR) is 70.9 cm³/mol. The molecule has 0 aliphatic rings. The van der Waals surface area contributed by atoms with E-state index in [0.717, 1.165) is 16.9 Å². The van der Waals surface area contributed by atoms with Gasteiger partial charge in [-0.2, -0.15) is 10.4 Å². The number of hydrogen-bond acceptors (Lipinski definition) is 4. The molecule has 96 valence electrons. The van der Waals surface area contributed by atoms with Crippen molar-refractivity contribution < 1.29 is 4.74 Å². The molecule has 0 bridgehead atoms. The van der Waals surface area contributed by atoms with Crippen molar-refractivity contribution in [3.63, 3.8) is 0 Å². The summed E-state index contributed by atoms with van der Waals surface area (Å²) in [5.74, 6) is 0.797. The zero-order valence-electron chi connectivity index (χ0n) is 10.7. The fourth-order valence-electron chi connectivity index (χ4n) is 1.85. The molecular weight excluding hydrogens is 242 g/mol. The Morgan fingerprint density at radius 3 is 2.84 bits per heavy atom. The number of nitrogens with one attached hydrogen (secondary N) is 1. The lowest BCUT2D eigenvalue weighted by Gasteiger charge is -2.07. The molecule has 0 amide bonds. The Balaban J connectivity index is 2.48. The predicted octanol–water partition coefficient (Wildman–Crippen LogP) is 1.82. The summed E-state index contributed by atoms with van der Waals surface area (Å²) in [6, 6.07) is 9.25. The van der Waals surface area contributed by atoms with E-state index in [4.69, 9.17) is 10.00 Å².